The number of phenols is 1. The summed E-state index contributed by atoms with van der Waals surface area (Å²) >= 11 is 0. The van der Waals surface area contributed by atoms with E-state index in [9.17, 15) is 5.11 Å². The third kappa shape index (κ3) is 3.39. The molecule has 0 aliphatic rings. The van der Waals surface area contributed by atoms with Crippen molar-refractivity contribution >= 4 is 20.1 Å². The number of nitrogens with zero attached hydrogens (tertiary/aromatic N) is 1. The minimum atomic E-state index is -0.0248. The lowest BCUT2D eigenvalue weighted by atomic mass is 9.92. The second-order valence-electron chi connectivity index (χ2n) is 5.41. The van der Waals surface area contributed by atoms with Gasteiger partial charge in [-0.25, -0.2) is 0 Å². The van der Waals surface area contributed by atoms with Gasteiger partial charge in [0.1, 0.15) is 5.75 Å². The molecule has 0 aliphatic heterocycles. The van der Waals surface area contributed by atoms with Gasteiger partial charge in [0.05, 0.1) is 0 Å². The number of benzene rings is 2. The summed E-state index contributed by atoms with van der Waals surface area (Å²) in [6.07, 6.45) is 3.91. The van der Waals surface area contributed by atoms with Gasteiger partial charge < -0.3 is 5.11 Å². The molecule has 1 atom stereocenters. The second-order valence-corrected chi connectivity index (χ2v) is 7.15. The fourth-order valence-corrected chi connectivity index (χ4v) is 4.56. The van der Waals surface area contributed by atoms with Crippen molar-refractivity contribution < 1.29 is 5.11 Å². The molecule has 0 aliphatic carbocycles. The molecule has 0 radical (unpaired) electrons. The molecule has 0 heterocycles. The van der Waals surface area contributed by atoms with E-state index in [0.29, 0.717) is 14.3 Å². The van der Waals surface area contributed by atoms with E-state index in [4.69, 9.17) is 0 Å². The first-order valence-electron chi connectivity index (χ1n) is 7.74. The first kappa shape index (κ1) is 16.7. The van der Waals surface area contributed by atoms with Crippen molar-refractivity contribution in [1.29, 1.82) is 0 Å². The third-order valence-corrected chi connectivity index (χ3v) is 6.41. The lowest BCUT2D eigenvalue weighted by Crippen LogP contribution is -2.23. The van der Waals surface area contributed by atoms with Gasteiger partial charge in [0, 0.05) is 24.0 Å². The van der Waals surface area contributed by atoms with Crippen molar-refractivity contribution in [2.24, 2.45) is 4.99 Å². The minimum Gasteiger partial charge on any atom is -0.508 e. The molecule has 3 heteroatoms. The van der Waals surface area contributed by atoms with E-state index in [1.807, 2.05) is 24.4 Å². The number of aliphatic imine (C=N–C) groups is 1. The summed E-state index contributed by atoms with van der Waals surface area (Å²) in [6.45, 7) is 4.42. The van der Waals surface area contributed by atoms with Gasteiger partial charge in [-0.1, -0.05) is 64.9 Å². The molecule has 0 aromatic heterocycles. The fraction of sp³-hybridized carbons (Fsp3) is 0.316. The molecule has 2 aromatic carbocycles. The molecule has 2 rings (SSSR count). The van der Waals surface area contributed by atoms with E-state index in [0.717, 1.165) is 18.4 Å². The molecule has 116 valence electrons. The standard InChI is InChI=1S/C19H24NOP/c1-4-19(5-2,16-11-7-8-12-17(16)21)22-18-13-9-6-10-15(18)14-20-3/h6-14,21-22H,4-5H2,1-3H3. The first-order valence-corrected chi connectivity index (χ1v) is 8.74. The second kappa shape index (κ2) is 7.56. The summed E-state index contributed by atoms with van der Waals surface area (Å²) in [5.41, 5.74) is 2.23. The predicted octanol–water partition coefficient (Wildman–Crippen LogP) is 4.46. The highest BCUT2D eigenvalue weighted by molar-refractivity contribution is 7.48. The highest BCUT2D eigenvalue weighted by Gasteiger charge is 2.31. The zero-order chi connectivity index (χ0) is 16.0. The van der Waals surface area contributed by atoms with Crippen LogP contribution in [0.4, 0.5) is 0 Å². The Morgan fingerprint density at radius 2 is 1.68 bits per heavy atom. The number of phenolic OH excluding ortho intramolecular Hbond substituents is 1. The van der Waals surface area contributed by atoms with Crippen molar-refractivity contribution in [2.75, 3.05) is 7.05 Å². The predicted molar refractivity (Wildman–Crippen MR) is 98.3 cm³/mol. The van der Waals surface area contributed by atoms with Crippen molar-refractivity contribution in [3.63, 3.8) is 0 Å². The average molecular weight is 313 g/mol. The summed E-state index contributed by atoms with van der Waals surface area (Å²) < 4.78 is 0. The third-order valence-electron chi connectivity index (χ3n) is 4.23. The van der Waals surface area contributed by atoms with Crippen LogP contribution in [0.2, 0.25) is 0 Å². The zero-order valence-corrected chi connectivity index (χ0v) is 14.5. The molecule has 0 spiro atoms. The summed E-state index contributed by atoms with van der Waals surface area (Å²) in [4.78, 5) is 4.17. The molecule has 0 fully saturated rings. The lowest BCUT2D eigenvalue weighted by molar-refractivity contribution is 0.448. The van der Waals surface area contributed by atoms with Gasteiger partial charge >= 0.3 is 0 Å². The maximum Gasteiger partial charge on any atom is 0.119 e. The number of rotatable bonds is 6. The van der Waals surface area contributed by atoms with Crippen LogP contribution in [0.3, 0.4) is 0 Å². The maximum absolute atomic E-state index is 10.3. The van der Waals surface area contributed by atoms with Gasteiger partial charge in [0.2, 0.25) is 0 Å². The molecule has 1 N–H and O–H groups in total. The van der Waals surface area contributed by atoms with E-state index in [1.165, 1.54) is 10.9 Å². The highest BCUT2D eigenvalue weighted by atomic mass is 31.1. The van der Waals surface area contributed by atoms with Crippen LogP contribution in [0, 0.1) is 0 Å². The van der Waals surface area contributed by atoms with Crippen molar-refractivity contribution in [2.45, 2.75) is 31.8 Å². The van der Waals surface area contributed by atoms with E-state index >= 15 is 0 Å². The average Bonchev–Trinajstić information content (AvgIpc) is 2.55. The van der Waals surface area contributed by atoms with Crippen LogP contribution < -0.4 is 5.30 Å². The summed E-state index contributed by atoms with van der Waals surface area (Å²) in [5.74, 6) is 0.403. The Kier molecular flexibility index (Phi) is 5.74. The van der Waals surface area contributed by atoms with Crippen LogP contribution in [-0.4, -0.2) is 18.4 Å². The lowest BCUT2D eigenvalue weighted by Gasteiger charge is -2.33. The summed E-state index contributed by atoms with van der Waals surface area (Å²) in [6, 6.07) is 16.2. The van der Waals surface area contributed by atoms with Crippen molar-refractivity contribution in [1.82, 2.24) is 0 Å². The zero-order valence-electron chi connectivity index (χ0n) is 13.5. The van der Waals surface area contributed by atoms with Gasteiger partial charge in [-0.05, 0) is 29.8 Å². The fourth-order valence-electron chi connectivity index (χ4n) is 2.87. The van der Waals surface area contributed by atoms with E-state index in [1.54, 1.807) is 13.1 Å². The molecule has 0 saturated carbocycles. The number of para-hydroxylation sites is 1. The first-order chi connectivity index (χ1) is 10.7. The molecular formula is C19H24NOP. The number of aromatic hydroxyl groups is 1. The smallest absolute Gasteiger partial charge is 0.119 e. The highest BCUT2D eigenvalue weighted by Crippen LogP contribution is 2.49. The van der Waals surface area contributed by atoms with Crippen LogP contribution in [0.1, 0.15) is 37.8 Å². The van der Waals surface area contributed by atoms with Gasteiger partial charge in [-0.3, -0.25) is 4.99 Å². The van der Waals surface area contributed by atoms with Gasteiger partial charge in [-0.2, -0.15) is 0 Å². The largest absolute Gasteiger partial charge is 0.508 e. The number of hydrogen-bond donors (Lipinski definition) is 1. The normalized spacial score (nSPS) is 12.5. The van der Waals surface area contributed by atoms with Gasteiger partial charge in [0.15, 0.2) is 0 Å². The molecule has 2 nitrogen and oxygen atoms in total. The summed E-state index contributed by atoms with van der Waals surface area (Å²) in [7, 11) is 2.40. The molecule has 0 saturated heterocycles. The Balaban J connectivity index is 2.48. The van der Waals surface area contributed by atoms with Gasteiger partial charge in [-0.15, -0.1) is 0 Å². The maximum atomic E-state index is 10.3. The monoisotopic (exact) mass is 313 g/mol. The molecule has 22 heavy (non-hydrogen) atoms. The Bertz CT molecular complexity index is 647. The van der Waals surface area contributed by atoms with Crippen LogP contribution in [0.5, 0.6) is 5.75 Å². The SMILES string of the molecule is CCC(CC)(Pc1ccccc1C=NC)c1ccccc1O. The van der Waals surface area contributed by atoms with E-state index in [2.05, 4.69) is 43.1 Å². The summed E-state index contributed by atoms with van der Waals surface area (Å²) in [5, 5.41) is 11.6. The molecular weight excluding hydrogens is 289 g/mol. The Labute approximate surface area is 135 Å². The minimum absolute atomic E-state index is 0.0248. The molecule has 1 unspecified atom stereocenters. The van der Waals surface area contributed by atoms with Gasteiger partial charge in [0.25, 0.3) is 0 Å². The van der Waals surface area contributed by atoms with Crippen LogP contribution >= 0.6 is 8.58 Å². The van der Waals surface area contributed by atoms with E-state index in [-0.39, 0.29) is 5.16 Å². The van der Waals surface area contributed by atoms with Crippen LogP contribution in [-0.2, 0) is 5.16 Å². The molecule has 2 aromatic rings. The number of hydrogen-bond acceptors (Lipinski definition) is 2. The van der Waals surface area contributed by atoms with Crippen molar-refractivity contribution in [3.05, 3.63) is 59.7 Å². The Hall–Kier alpha value is -1.66. The van der Waals surface area contributed by atoms with Crippen molar-refractivity contribution in [3.8, 4) is 5.75 Å². The molecule has 0 bridgehead atoms. The Morgan fingerprint density at radius 1 is 1.05 bits per heavy atom. The Morgan fingerprint density at radius 3 is 2.32 bits per heavy atom. The van der Waals surface area contributed by atoms with Crippen LogP contribution in [0.15, 0.2) is 53.5 Å². The van der Waals surface area contributed by atoms with Crippen LogP contribution in [0.25, 0.3) is 0 Å². The topological polar surface area (TPSA) is 32.6 Å². The molecule has 0 amide bonds. The van der Waals surface area contributed by atoms with E-state index < -0.39 is 0 Å². The quantitative estimate of drug-likeness (QED) is 0.620.